The third-order valence-corrected chi connectivity index (χ3v) is 4.46. The monoisotopic (exact) mass is 430 g/mol. The minimum absolute atomic E-state index is 0.257. The molecule has 0 aromatic heterocycles. The number of carbonyl (C=O) groups is 1. The van der Waals surface area contributed by atoms with E-state index in [9.17, 15) is 4.79 Å². The topological polar surface area (TPSA) is 35.5 Å². The average molecular weight is 432 g/mol. The first kappa shape index (κ1) is 19.1. The lowest BCUT2D eigenvalue weighted by Crippen LogP contribution is -2.10. The van der Waals surface area contributed by atoms with Gasteiger partial charge in [-0.2, -0.15) is 0 Å². The summed E-state index contributed by atoms with van der Waals surface area (Å²) in [5.41, 5.74) is 1.18. The number of aryl methyl sites for hydroxylation is 1. The van der Waals surface area contributed by atoms with E-state index in [0.717, 1.165) is 10.9 Å². The van der Waals surface area contributed by atoms with Gasteiger partial charge in [0.05, 0.1) is 16.1 Å². The molecule has 2 aromatic carbocycles. The van der Waals surface area contributed by atoms with Gasteiger partial charge in [-0.3, -0.25) is 4.79 Å². The van der Waals surface area contributed by atoms with Crippen LogP contribution in [-0.2, 0) is 11.2 Å². The number of carbonyl (C=O) groups excluding carboxylic acids is 1. The maximum atomic E-state index is 11.9. The molecular weight excluding hydrogens is 415 g/mol. The summed E-state index contributed by atoms with van der Waals surface area (Å²) in [5.74, 6) is 0.775. The van der Waals surface area contributed by atoms with E-state index in [1.54, 1.807) is 24.3 Å². The van der Waals surface area contributed by atoms with Gasteiger partial charge in [0.15, 0.2) is 0 Å². The summed E-state index contributed by atoms with van der Waals surface area (Å²) < 4.78 is 11.7. The first-order valence-corrected chi connectivity index (χ1v) is 9.11. The minimum atomic E-state index is -0.300. The largest absolute Gasteiger partial charge is 0.492 e. The van der Waals surface area contributed by atoms with Crippen LogP contribution in [0.1, 0.15) is 25.3 Å². The van der Waals surface area contributed by atoms with Gasteiger partial charge < -0.3 is 9.47 Å². The van der Waals surface area contributed by atoms with Crippen LogP contribution < -0.4 is 9.47 Å². The molecule has 0 saturated carbocycles. The van der Waals surface area contributed by atoms with E-state index in [0.29, 0.717) is 34.6 Å². The fraction of sp³-hybridized carbons (Fsp3) is 0.278. The third-order valence-electron chi connectivity index (χ3n) is 3.31. The van der Waals surface area contributed by atoms with Gasteiger partial charge in [-0.25, -0.2) is 0 Å². The van der Waals surface area contributed by atoms with Gasteiger partial charge in [-0.05, 0) is 64.7 Å². The molecule has 0 saturated heterocycles. The summed E-state index contributed by atoms with van der Waals surface area (Å²) in [6, 6.07) is 10.7. The van der Waals surface area contributed by atoms with Gasteiger partial charge >= 0.3 is 5.97 Å². The number of rotatable bonds is 7. The molecule has 6 heteroatoms. The summed E-state index contributed by atoms with van der Waals surface area (Å²) in [7, 11) is 0. The number of esters is 1. The molecule has 128 valence electrons. The Bertz CT molecular complexity index is 719. The van der Waals surface area contributed by atoms with Crippen molar-refractivity contribution >= 4 is 45.1 Å². The molecule has 0 aliphatic carbocycles. The highest BCUT2D eigenvalue weighted by molar-refractivity contribution is 9.10. The van der Waals surface area contributed by atoms with Gasteiger partial charge in [0.1, 0.15) is 11.5 Å². The summed E-state index contributed by atoms with van der Waals surface area (Å²) in [5, 5.41) is 1.00. The molecule has 0 aliphatic heterocycles. The molecule has 0 bridgehead atoms. The van der Waals surface area contributed by atoms with Crippen molar-refractivity contribution in [3.8, 4) is 11.5 Å². The van der Waals surface area contributed by atoms with Crippen LogP contribution in [0, 0.1) is 0 Å². The SMILES string of the molecule is CCc1ccc(OC(=O)CCCOc2ccc(Cl)cc2Cl)c(Br)c1. The molecule has 0 unspecified atom stereocenters. The molecule has 0 fully saturated rings. The summed E-state index contributed by atoms with van der Waals surface area (Å²) in [6.45, 7) is 2.44. The molecule has 0 radical (unpaired) electrons. The van der Waals surface area contributed by atoms with E-state index < -0.39 is 0 Å². The maximum absolute atomic E-state index is 11.9. The molecular formula is C18H17BrCl2O3. The minimum Gasteiger partial charge on any atom is -0.492 e. The molecule has 0 aliphatic rings. The van der Waals surface area contributed by atoms with Crippen molar-refractivity contribution in [2.24, 2.45) is 0 Å². The maximum Gasteiger partial charge on any atom is 0.311 e. The van der Waals surface area contributed by atoms with Gasteiger partial charge in [0, 0.05) is 11.4 Å². The second-order valence-corrected chi connectivity index (χ2v) is 6.82. The van der Waals surface area contributed by atoms with Crippen LogP contribution in [0.3, 0.4) is 0 Å². The van der Waals surface area contributed by atoms with Crippen LogP contribution in [0.4, 0.5) is 0 Å². The normalized spacial score (nSPS) is 10.5. The first-order chi connectivity index (χ1) is 11.5. The van der Waals surface area contributed by atoms with Gasteiger partial charge in [-0.1, -0.05) is 36.2 Å². The number of hydrogen-bond donors (Lipinski definition) is 0. The Morgan fingerprint density at radius 2 is 1.88 bits per heavy atom. The smallest absolute Gasteiger partial charge is 0.311 e. The van der Waals surface area contributed by atoms with Crippen LogP contribution >= 0.6 is 39.1 Å². The van der Waals surface area contributed by atoms with Crippen LogP contribution in [-0.4, -0.2) is 12.6 Å². The highest BCUT2D eigenvalue weighted by Crippen LogP contribution is 2.28. The second-order valence-electron chi connectivity index (χ2n) is 5.12. The Morgan fingerprint density at radius 3 is 2.54 bits per heavy atom. The zero-order valence-corrected chi connectivity index (χ0v) is 16.2. The van der Waals surface area contributed by atoms with Gasteiger partial charge in [0.25, 0.3) is 0 Å². The van der Waals surface area contributed by atoms with E-state index >= 15 is 0 Å². The highest BCUT2D eigenvalue weighted by Gasteiger charge is 2.09. The first-order valence-electron chi connectivity index (χ1n) is 7.56. The van der Waals surface area contributed by atoms with Crippen molar-refractivity contribution in [1.29, 1.82) is 0 Å². The Kier molecular flexibility index (Phi) is 7.40. The van der Waals surface area contributed by atoms with Crippen LogP contribution in [0.25, 0.3) is 0 Å². The molecule has 0 N–H and O–H groups in total. The Balaban J connectivity index is 1.77. The van der Waals surface area contributed by atoms with E-state index in [1.807, 2.05) is 12.1 Å². The van der Waals surface area contributed by atoms with E-state index in [4.69, 9.17) is 32.7 Å². The second kappa shape index (κ2) is 9.30. The van der Waals surface area contributed by atoms with Gasteiger partial charge in [0.2, 0.25) is 0 Å². The quantitative estimate of drug-likeness (QED) is 0.302. The summed E-state index contributed by atoms with van der Waals surface area (Å²) in [6.07, 6.45) is 1.72. The Morgan fingerprint density at radius 1 is 1.12 bits per heavy atom. The lowest BCUT2D eigenvalue weighted by atomic mass is 10.2. The number of halogens is 3. The van der Waals surface area contributed by atoms with Gasteiger partial charge in [-0.15, -0.1) is 0 Å². The highest BCUT2D eigenvalue weighted by atomic mass is 79.9. The predicted octanol–water partition coefficient (Wildman–Crippen LogP) is 6.08. The van der Waals surface area contributed by atoms with Crippen molar-refractivity contribution < 1.29 is 14.3 Å². The van der Waals surface area contributed by atoms with Crippen molar-refractivity contribution in [2.45, 2.75) is 26.2 Å². The lowest BCUT2D eigenvalue weighted by molar-refractivity contribution is -0.134. The fourth-order valence-electron chi connectivity index (χ4n) is 2.01. The van der Waals surface area contributed by atoms with E-state index in [-0.39, 0.29) is 12.4 Å². The van der Waals surface area contributed by atoms with E-state index in [1.165, 1.54) is 5.56 Å². The molecule has 2 aromatic rings. The van der Waals surface area contributed by atoms with Crippen molar-refractivity contribution in [1.82, 2.24) is 0 Å². The average Bonchev–Trinajstić information content (AvgIpc) is 2.55. The molecule has 2 rings (SSSR count). The summed E-state index contributed by atoms with van der Waals surface area (Å²) in [4.78, 5) is 11.9. The van der Waals surface area contributed by atoms with Crippen molar-refractivity contribution in [3.05, 3.63) is 56.5 Å². The van der Waals surface area contributed by atoms with Crippen molar-refractivity contribution in [3.63, 3.8) is 0 Å². The number of ether oxygens (including phenoxy) is 2. The molecule has 3 nitrogen and oxygen atoms in total. The fourth-order valence-corrected chi connectivity index (χ4v) is 2.98. The van der Waals surface area contributed by atoms with Crippen LogP contribution in [0.15, 0.2) is 40.9 Å². The zero-order valence-electron chi connectivity index (χ0n) is 13.2. The van der Waals surface area contributed by atoms with Crippen LogP contribution in [0.2, 0.25) is 10.0 Å². The standard InChI is InChI=1S/C18H17BrCl2O3/c1-2-12-5-7-16(14(19)10-12)24-18(22)4-3-9-23-17-8-6-13(20)11-15(17)21/h5-8,10-11H,2-4,9H2,1H3. The Hall–Kier alpha value is -1.23. The molecule has 0 atom stereocenters. The number of hydrogen-bond acceptors (Lipinski definition) is 3. The zero-order chi connectivity index (χ0) is 17.5. The number of benzene rings is 2. The van der Waals surface area contributed by atoms with Crippen LogP contribution in [0.5, 0.6) is 11.5 Å². The molecule has 24 heavy (non-hydrogen) atoms. The molecule has 0 amide bonds. The Labute approximate surface area is 160 Å². The van der Waals surface area contributed by atoms with E-state index in [2.05, 4.69) is 22.9 Å². The predicted molar refractivity (Wildman–Crippen MR) is 100 cm³/mol. The lowest BCUT2D eigenvalue weighted by Gasteiger charge is -2.09. The molecule has 0 spiro atoms. The third kappa shape index (κ3) is 5.69. The summed E-state index contributed by atoms with van der Waals surface area (Å²) >= 11 is 15.3. The molecule has 0 heterocycles. The van der Waals surface area contributed by atoms with Crippen molar-refractivity contribution in [2.75, 3.05) is 6.61 Å².